The molecule has 0 radical (unpaired) electrons. The van der Waals surface area contributed by atoms with Crippen LogP contribution in [0.1, 0.15) is 6.42 Å². The van der Waals surface area contributed by atoms with Crippen LogP contribution in [0.5, 0.6) is 0 Å². The molecule has 0 atom stereocenters. The number of nitrogens with one attached hydrogen (secondary N) is 1. The molecule has 0 bridgehead atoms. The fraction of sp³-hybridized carbons (Fsp3) is 0.250. The molecule has 13 heavy (non-hydrogen) atoms. The Bertz CT molecular complexity index is 329. The van der Waals surface area contributed by atoms with Crippen LogP contribution >= 0.6 is 0 Å². The van der Waals surface area contributed by atoms with E-state index in [2.05, 4.69) is 15.0 Å². The molecule has 0 saturated carbocycles. The molecule has 1 amide bonds. The smallest absolute Gasteiger partial charge is 0.254 e. The van der Waals surface area contributed by atoms with E-state index in [9.17, 15) is 4.79 Å². The minimum absolute atomic E-state index is 0.166. The third-order valence-corrected chi connectivity index (χ3v) is 1.70. The Morgan fingerprint density at radius 3 is 3.15 bits per heavy atom. The average Bonchev–Trinajstić information content (AvgIpc) is 2.74. The van der Waals surface area contributed by atoms with Gasteiger partial charge in [-0.1, -0.05) is 5.16 Å². The molecule has 0 aliphatic carbocycles. The Morgan fingerprint density at radius 2 is 2.54 bits per heavy atom. The van der Waals surface area contributed by atoms with Gasteiger partial charge in [-0.3, -0.25) is 4.79 Å². The van der Waals surface area contributed by atoms with Crippen LogP contribution in [0.4, 0.5) is 5.69 Å². The molecule has 0 saturated heterocycles. The van der Waals surface area contributed by atoms with Crippen LogP contribution in [0.3, 0.4) is 0 Å². The minimum atomic E-state index is -0.166. The number of ether oxygens (including phenoxy) is 1. The van der Waals surface area contributed by atoms with Crippen molar-refractivity contribution >= 4 is 11.6 Å². The molecule has 1 aliphatic rings. The van der Waals surface area contributed by atoms with Gasteiger partial charge >= 0.3 is 0 Å². The van der Waals surface area contributed by atoms with Crippen molar-refractivity contribution < 1.29 is 14.1 Å². The zero-order chi connectivity index (χ0) is 9.10. The zero-order valence-electron chi connectivity index (χ0n) is 6.82. The number of aromatic nitrogens is 1. The molecule has 0 unspecified atom stereocenters. The lowest BCUT2D eigenvalue weighted by molar-refractivity contribution is -0.112. The Morgan fingerprint density at radius 1 is 1.62 bits per heavy atom. The van der Waals surface area contributed by atoms with E-state index >= 15 is 0 Å². The molecule has 0 spiro atoms. The molecule has 1 aromatic rings. The van der Waals surface area contributed by atoms with Gasteiger partial charge in [0.05, 0.1) is 24.6 Å². The van der Waals surface area contributed by atoms with Gasteiger partial charge in [-0.2, -0.15) is 0 Å². The summed E-state index contributed by atoms with van der Waals surface area (Å²) in [7, 11) is 0. The summed E-state index contributed by atoms with van der Waals surface area (Å²) < 4.78 is 9.50. The molecule has 5 heteroatoms. The van der Waals surface area contributed by atoms with Crippen molar-refractivity contribution in [2.45, 2.75) is 6.42 Å². The number of carbonyl (C=O) groups excluding carboxylic acids is 1. The van der Waals surface area contributed by atoms with Crippen LogP contribution in [0, 0.1) is 0 Å². The Labute approximate surface area is 74.4 Å². The van der Waals surface area contributed by atoms with Gasteiger partial charge in [-0.15, -0.1) is 0 Å². The topological polar surface area (TPSA) is 64.4 Å². The lowest BCUT2D eigenvalue weighted by Crippen LogP contribution is -2.12. The lowest BCUT2D eigenvalue weighted by atomic mass is 10.2. The average molecular weight is 180 g/mol. The summed E-state index contributed by atoms with van der Waals surface area (Å²) in [6.07, 6.45) is 4.93. The van der Waals surface area contributed by atoms with E-state index in [1.165, 1.54) is 18.7 Å². The lowest BCUT2D eigenvalue weighted by Gasteiger charge is -1.98. The molecule has 5 nitrogen and oxygen atoms in total. The monoisotopic (exact) mass is 180 g/mol. The zero-order valence-corrected chi connectivity index (χ0v) is 6.82. The standard InChI is InChI=1S/C8H8N2O3/c11-8(6-1-2-12-4-6)10-7-3-9-13-5-7/h3-5H,1-2H2,(H,10,11). The number of nitrogens with zero attached hydrogens (tertiary/aromatic N) is 1. The molecule has 1 aromatic heterocycles. The molecular formula is C8H8N2O3. The third-order valence-electron chi connectivity index (χ3n) is 1.70. The highest BCUT2D eigenvalue weighted by Gasteiger charge is 2.14. The van der Waals surface area contributed by atoms with Crippen LogP contribution in [-0.4, -0.2) is 17.7 Å². The first-order valence-electron chi connectivity index (χ1n) is 3.87. The highest BCUT2D eigenvalue weighted by molar-refractivity contribution is 6.03. The molecule has 2 rings (SSSR count). The Hall–Kier alpha value is -1.78. The third kappa shape index (κ3) is 1.69. The number of amides is 1. The maximum atomic E-state index is 11.4. The van der Waals surface area contributed by atoms with Crippen LogP contribution in [-0.2, 0) is 9.53 Å². The van der Waals surface area contributed by atoms with Crippen LogP contribution in [0.25, 0.3) is 0 Å². The Kier molecular flexibility index (Phi) is 1.99. The van der Waals surface area contributed by atoms with Gasteiger partial charge in [0.15, 0.2) is 0 Å². The molecule has 0 fully saturated rings. The predicted octanol–water partition coefficient (Wildman–Crippen LogP) is 0.917. The number of carbonyl (C=O) groups is 1. The van der Waals surface area contributed by atoms with Crippen molar-refractivity contribution in [3.63, 3.8) is 0 Å². The summed E-state index contributed by atoms with van der Waals surface area (Å²) in [4.78, 5) is 11.4. The summed E-state index contributed by atoms with van der Waals surface area (Å²) in [6, 6.07) is 0. The highest BCUT2D eigenvalue weighted by Crippen LogP contribution is 2.13. The van der Waals surface area contributed by atoms with Crippen molar-refractivity contribution in [2.24, 2.45) is 0 Å². The van der Waals surface area contributed by atoms with Crippen molar-refractivity contribution in [3.8, 4) is 0 Å². The van der Waals surface area contributed by atoms with Crippen LogP contribution in [0.15, 0.2) is 28.8 Å². The second kappa shape index (κ2) is 3.30. The largest absolute Gasteiger partial charge is 0.500 e. The first-order valence-corrected chi connectivity index (χ1v) is 3.87. The van der Waals surface area contributed by atoms with Gasteiger partial charge in [0, 0.05) is 6.42 Å². The van der Waals surface area contributed by atoms with Gasteiger partial charge in [0.1, 0.15) is 12.0 Å². The van der Waals surface area contributed by atoms with Gasteiger partial charge in [0.25, 0.3) is 5.91 Å². The molecule has 1 N–H and O–H groups in total. The summed E-state index contributed by atoms with van der Waals surface area (Å²) in [5.41, 5.74) is 1.19. The molecule has 68 valence electrons. The van der Waals surface area contributed by atoms with Crippen molar-refractivity contribution in [1.82, 2.24) is 5.16 Å². The van der Waals surface area contributed by atoms with E-state index in [4.69, 9.17) is 4.74 Å². The summed E-state index contributed by atoms with van der Waals surface area (Å²) in [5, 5.41) is 6.08. The number of hydrogen-bond donors (Lipinski definition) is 1. The van der Waals surface area contributed by atoms with Crippen LogP contribution < -0.4 is 5.32 Å². The van der Waals surface area contributed by atoms with E-state index in [-0.39, 0.29) is 5.91 Å². The summed E-state index contributed by atoms with van der Waals surface area (Å²) in [6.45, 7) is 0.576. The first-order chi connectivity index (χ1) is 6.36. The first kappa shape index (κ1) is 7.85. The van der Waals surface area contributed by atoms with E-state index in [1.54, 1.807) is 0 Å². The molecule has 2 heterocycles. The van der Waals surface area contributed by atoms with Gasteiger partial charge in [-0.25, -0.2) is 0 Å². The van der Waals surface area contributed by atoms with Crippen molar-refractivity contribution in [2.75, 3.05) is 11.9 Å². The van der Waals surface area contributed by atoms with E-state index < -0.39 is 0 Å². The normalized spacial score (nSPS) is 14.9. The predicted molar refractivity (Wildman–Crippen MR) is 43.8 cm³/mol. The summed E-state index contributed by atoms with van der Waals surface area (Å²) in [5.74, 6) is -0.166. The quantitative estimate of drug-likeness (QED) is 0.734. The second-order valence-corrected chi connectivity index (χ2v) is 2.63. The minimum Gasteiger partial charge on any atom is -0.500 e. The fourth-order valence-electron chi connectivity index (χ4n) is 1.03. The van der Waals surface area contributed by atoms with E-state index in [0.29, 0.717) is 24.3 Å². The summed E-state index contributed by atoms with van der Waals surface area (Å²) >= 11 is 0. The van der Waals surface area contributed by atoms with Gasteiger partial charge < -0.3 is 14.6 Å². The fourth-order valence-corrected chi connectivity index (χ4v) is 1.03. The molecule has 1 aliphatic heterocycles. The number of anilines is 1. The molecular weight excluding hydrogens is 172 g/mol. The second-order valence-electron chi connectivity index (χ2n) is 2.63. The maximum absolute atomic E-state index is 11.4. The SMILES string of the molecule is O=C(Nc1cnoc1)C1=COCC1. The van der Waals surface area contributed by atoms with Gasteiger partial charge in [0.2, 0.25) is 0 Å². The van der Waals surface area contributed by atoms with Gasteiger partial charge in [-0.05, 0) is 0 Å². The maximum Gasteiger partial charge on any atom is 0.254 e. The number of hydrogen-bond acceptors (Lipinski definition) is 4. The van der Waals surface area contributed by atoms with Crippen molar-refractivity contribution in [1.29, 1.82) is 0 Å². The number of rotatable bonds is 2. The highest BCUT2D eigenvalue weighted by atomic mass is 16.5. The van der Waals surface area contributed by atoms with E-state index in [1.807, 2.05) is 0 Å². The van der Waals surface area contributed by atoms with E-state index in [0.717, 1.165) is 0 Å². The Balaban J connectivity index is 1.99. The van der Waals surface area contributed by atoms with Crippen molar-refractivity contribution in [3.05, 3.63) is 24.3 Å². The van der Waals surface area contributed by atoms with Crippen LogP contribution in [0.2, 0.25) is 0 Å². The molecule has 0 aromatic carbocycles.